The number of hydrogen-bond acceptors (Lipinski definition) is 4. The third kappa shape index (κ3) is 3.86. The normalized spacial score (nSPS) is 24.3. The molecule has 0 bridgehead atoms. The van der Waals surface area contributed by atoms with Crippen molar-refractivity contribution in [3.05, 3.63) is 24.3 Å². The van der Waals surface area contributed by atoms with Gasteiger partial charge in [-0.15, -0.1) is 4.90 Å². The molecule has 1 aliphatic heterocycles. The molecule has 0 aliphatic carbocycles. The largest absolute Gasteiger partial charge is 0.439 e. The fraction of sp³-hybridized carbons (Fsp3) is 0.533. The molecule has 1 aliphatic rings. The van der Waals surface area contributed by atoms with Gasteiger partial charge in [-0.25, -0.2) is 4.39 Å². The molecule has 0 radical (unpaired) electrons. The standard InChI is InChI=1S/C15H6F16N2O4S/c16-8(12(23,24)25,7(34)32-5-1-3-6(4-2-5)38(35,36)37)13(26,27)33-14(28,29)10(19,20)9(17,18)11(21,22)15(33,30)31/h1-4H,(H,32,34)(H,35,36,37). The van der Waals surface area contributed by atoms with Crippen LogP contribution in [0.1, 0.15) is 0 Å². The molecule has 2 N–H and O–H groups in total. The molecule has 0 aromatic heterocycles. The molecular formula is C15H6F16N2O4S. The monoisotopic (exact) mass is 614 g/mol. The number of carbonyl (C=O) groups excluding carboxylic acids is 1. The molecule has 1 unspecified atom stereocenters. The Balaban J connectivity index is 2.77. The van der Waals surface area contributed by atoms with Gasteiger partial charge in [0.2, 0.25) is 0 Å². The van der Waals surface area contributed by atoms with Gasteiger partial charge in [0, 0.05) is 5.69 Å². The van der Waals surface area contributed by atoms with Crippen LogP contribution in [0.5, 0.6) is 0 Å². The van der Waals surface area contributed by atoms with E-state index < -0.39 is 79.3 Å². The number of anilines is 1. The van der Waals surface area contributed by atoms with Gasteiger partial charge in [0.1, 0.15) is 0 Å². The SMILES string of the molecule is O=C(Nc1ccc(S(=O)(=O)O)cc1)C(F)(C(F)(F)F)C(F)(F)N1C(F)(F)C(F)(F)C(F)(F)C(F)(F)C1(F)F. The van der Waals surface area contributed by atoms with Gasteiger partial charge in [-0.2, -0.15) is 74.3 Å². The van der Waals surface area contributed by atoms with Gasteiger partial charge in [-0.3, -0.25) is 9.35 Å². The Morgan fingerprint density at radius 2 is 1.11 bits per heavy atom. The Hall–Kier alpha value is -2.56. The quantitative estimate of drug-likeness (QED) is 0.273. The summed E-state index contributed by atoms with van der Waals surface area (Å²) in [6.07, 6.45) is -7.70. The zero-order chi connectivity index (χ0) is 30.3. The Morgan fingerprint density at radius 3 is 1.42 bits per heavy atom. The van der Waals surface area contributed by atoms with E-state index >= 15 is 0 Å². The first kappa shape index (κ1) is 31.7. The highest BCUT2D eigenvalue weighted by Gasteiger charge is 3.00. The van der Waals surface area contributed by atoms with Crippen molar-refractivity contribution < 1.29 is 88.0 Å². The molecule has 6 nitrogen and oxygen atoms in total. The van der Waals surface area contributed by atoms with Crippen LogP contribution < -0.4 is 5.32 Å². The number of benzene rings is 1. The van der Waals surface area contributed by atoms with Gasteiger partial charge in [0.05, 0.1) is 4.90 Å². The van der Waals surface area contributed by atoms with E-state index in [1.807, 2.05) is 0 Å². The van der Waals surface area contributed by atoms with Crippen LogP contribution in [0.4, 0.5) is 75.9 Å². The molecular weight excluding hydrogens is 608 g/mol. The van der Waals surface area contributed by atoms with Crippen molar-refractivity contribution in [1.29, 1.82) is 0 Å². The van der Waals surface area contributed by atoms with Crippen LogP contribution >= 0.6 is 0 Å². The summed E-state index contributed by atoms with van der Waals surface area (Å²) in [6.45, 7) is 0. The van der Waals surface area contributed by atoms with Crippen molar-refractivity contribution in [2.45, 2.75) is 52.6 Å². The van der Waals surface area contributed by atoms with Crippen LogP contribution in [-0.4, -0.2) is 71.5 Å². The van der Waals surface area contributed by atoms with E-state index in [-0.39, 0.29) is 24.3 Å². The summed E-state index contributed by atoms with van der Waals surface area (Å²) in [5.41, 5.74) is -8.98. The maximum atomic E-state index is 14.8. The smallest absolute Gasteiger partial charge is 0.323 e. The number of rotatable bonds is 5. The third-order valence-corrected chi connectivity index (χ3v) is 5.78. The van der Waals surface area contributed by atoms with Crippen molar-refractivity contribution in [1.82, 2.24) is 4.90 Å². The highest BCUT2D eigenvalue weighted by molar-refractivity contribution is 7.85. The molecule has 23 heteroatoms. The number of likely N-dealkylation sites (tertiary alicyclic amines) is 1. The lowest BCUT2D eigenvalue weighted by molar-refractivity contribution is -0.545. The fourth-order valence-corrected chi connectivity index (χ4v) is 3.38. The van der Waals surface area contributed by atoms with Crippen LogP contribution in [0, 0.1) is 0 Å². The first-order chi connectivity index (χ1) is 16.5. The number of nitrogens with zero attached hydrogens (tertiary/aromatic N) is 1. The maximum Gasteiger partial charge on any atom is 0.439 e. The predicted molar refractivity (Wildman–Crippen MR) is 86.3 cm³/mol. The Kier molecular flexibility index (Phi) is 6.85. The number of alkyl halides is 16. The number of piperidine rings is 1. The van der Waals surface area contributed by atoms with Crippen LogP contribution in [0.25, 0.3) is 0 Å². The number of nitrogens with one attached hydrogen (secondary N) is 1. The van der Waals surface area contributed by atoms with Crippen molar-refractivity contribution in [2.75, 3.05) is 5.32 Å². The van der Waals surface area contributed by atoms with E-state index in [2.05, 4.69) is 0 Å². The van der Waals surface area contributed by atoms with E-state index in [0.29, 0.717) is 5.32 Å². The van der Waals surface area contributed by atoms with Gasteiger partial charge in [0.25, 0.3) is 16.0 Å². The molecule has 0 spiro atoms. The van der Waals surface area contributed by atoms with E-state index in [4.69, 9.17) is 4.55 Å². The second-order valence-corrected chi connectivity index (χ2v) is 8.71. The van der Waals surface area contributed by atoms with Crippen LogP contribution in [0.2, 0.25) is 0 Å². The lowest BCUT2D eigenvalue weighted by Gasteiger charge is -2.54. The van der Waals surface area contributed by atoms with Gasteiger partial charge in [-0.05, 0) is 24.3 Å². The molecule has 1 amide bonds. The molecule has 0 saturated carbocycles. The minimum atomic E-state index is -8.21. The number of hydrogen-bond donors (Lipinski definition) is 2. The highest BCUT2D eigenvalue weighted by Crippen LogP contribution is 2.68. The third-order valence-electron chi connectivity index (χ3n) is 4.91. The summed E-state index contributed by atoms with van der Waals surface area (Å²) in [5, 5.41) is 0.495. The summed E-state index contributed by atoms with van der Waals surface area (Å²) in [6, 6.07) is -23.8. The number of amides is 1. The second-order valence-electron chi connectivity index (χ2n) is 7.29. The number of halogens is 16. The second kappa shape index (κ2) is 8.22. The molecule has 38 heavy (non-hydrogen) atoms. The van der Waals surface area contributed by atoms with Gasteiger partial charge in [0.15, 0.2) is 0 Å². The zero-order valence-electron chi connectivity index (χ0n) is 16.9. The average molecular weight is 614 g/mol. The van der Waals surface area contributed by atoms with Crippen molar-refractivity contribution in [2.24, 2.45) is 0 Å². The van der Waals surface area contributed by atoms with Gasteiger partial charge in [-0.1, -0.05) is 0 Å². The zero-order valence-corrected chi connectivity index (χ0v) is 17.7. The molecule has 218 valence electrons. The molecule has 2 rings (SSSR count). The minimum absolute atomic E-state index is 0.100. The van der Waals surface area contributed by atoms with Crippen LogP contribution in [0.15, 0.2) is 29.2 Å². The molecule has 1 fully saturated rings. The Bertz CT molecular complexity index is 1180. The number of carbonyl (C=O) groups is 1. The van der Waals surface area contributed by atoms with Crippen molar-refractivity contribution >= 4 is 21.7 Å². The molecule has 1 atom stereocenters. The van der Waals surface area contributed by atoms with Crippen molar-refractivity contribution in [3.63, 3.8) is 0 Å². The minimum Gasteiger partial charge on any atom is -0.323 e. The molecule has 1 aromatic carbocycles. The first-order valence-corrected chi connectivity index (χ1v) is 10.1. The van der Waals surface area contributed by atoms with E-state index in [9.17, 15) is 83.5 Å². The summed E-state index contributed by atoms with van der Waals surface area (Å²) in [4.78, 5) is 6.26. The lowest BCUT2D eigenvalue weighted by atomic mass is 9.89. The predicted octanol–water partition coefficient (Wildman–Crippen LogP) is 5.14. The molecule has 1 aromatic rings. The van der Waals surface area contributed by atoms with E-state index in [0.717, 1.165) is 0 Å². The molecule has 1 heterocycles. The Morgan fingerprint density at radius 1 is 0.737 bits per heavy atom. The van der Waals surface area contributed by atoms with Gasteiger partial charge < -0.3 is 5.32 Å². The maximum absolute atomic E-state index is 14.8. The lowest BCUT2D eigenvalue weighted by Crippen LogP contribution is -2.87. The van der Waals surface area contributed by atoms with E-state index in [1.54, 1.807) is 0 Å². The van der Waals surface area contributed by atoms with Crippen molar-refractivity contribution in [3.8, 4) is 0 Å². The summed E-state index contributed by atoms with van der Waals surface area (Å²) >= 11 is 0. The van der Waals surface area contributed by atoms with Crippen LogP contribution in [0.3, 0.4) is 0 Å². The van der Waals surface area contributed by atoms with Gasteiger partial charge >= 0.3 is 47.8 Å². The van der Waals surface area contributed by atoms with E-state index in [1.165, 1.54) is 0 Å². The Labute approximate surface area is 197 Å². The summed E-state index contributed by atoms with van der Waals surface area (Å²) in [7, 11) is -5.06. The summed E-state index contributed by atoms with van der Waals surface area (Å²) in [5.74, 6) is -28.0. The first-order valence-electron chi connectivity index (χ1n) is 8.69. The summed E-state index contributed by atoms with van der Waals surface area (Å²) < 4.78 is 250. The highest BCUT2D eigenvalue weighted by atomic mass is 32.2. The topological polar surface area (TPSA) is 86.7 Å². The average Bonchev–Trinajstić information content (AvgIpc) is 2.69. The fourth-order valence-electron chi connectivity index (χ4n) is 2.90. The van der Waals surface area contributed by atoms with Crippen LogP contribution in [-0.2, 0) is 14.9 Å². The molecule has 1 saturated heterocycles.